The van der Waals surface area contributed by atoms with Crippen LogP contribution in [0.3, 0.4) is 0 Å². The second kappa shape index (κ2) is 11.2. The molecule has 0 radical (unpaired) electrons. The van der Waals surface area contributed by atoms with Crippen molar-refractivity contribution in [2.45, 2.75) is 16.2 Å². The number of nitro groups is 1. The summed E-state index contributed by atoms with van der Waals surface area (Å²) >= 11 is 2.10. The molecule has 4 heterocycles. The van der Waals surface area contributed by atoms with Crippen molar-refractivity contribution in [1.29, 1.82) is 0 Å². The summed E-state index contributed by atoms with van der Waals surface area (Å²) in [6.07, 6.45) is 0. The van der Waals surface area contributed by atoms with Crippen LogP contribution >= 0.6 is 23.1 Å². The third-order valence-corrected chi connectivity index (χ3v) is 9.81. The van der Waals surface area contributed by atoms with Crippen molar-refractivity contribution in [3.8, 4) is 11.5 Å². The van der Waals surface area contributed by atoms with Crippen molar-refractivity contribution < 1.29 is 33.5 Å². The molecule has 15 heteroatoms. The van der Waals surface area contributed by atoms with E-state index in [4.69, 9.17) is 14.2 Å². The number of methoxy groups -OCH3 is 1. The molecule has 0 aliphatic carbocycles. The van der Waals surface area contributed by atoms with Crippen LogP contribution in [0, 0.1) is 16.0 Å². The quantitative estimate of drug-likeness (QED) is 0.238. The molecule has 6 rings (SSSR count). The number of carbonyl (C=O) groups excluding carboxylic acids is 3. The molecule has 3 aromatic rings. The first-order valence-electron chi connectivity index (χ1n) is 12.9. The van der Waals surface area contributed by atoms with Gasteiger partial charge in [0.25, 0.3) is 11.6 Å². The standard InChI is InChI=1S/C27H24N4O9S2/c1-38-18-12-14(2-7-17(18)40-13-19(32)29-8-10-39-11-9-29)20-21-23(41-24-22(20)42-27(35)28-24)26(34)30(25(21)33)15-3-5-16(6-4-15)31(36)37/h2-7,12,20-21,23H,8-11,13H2,1H3,(H,28,35). The zero-order valence-electron chi connectivity index (χ0n) is 22.1. The second-order valence-electron chi connectivity index (χ2n) is 9.73. The zero-order chi connectivity index (χ0) is 29.5. The average Bonchev–Trinajstić information content (AvgIpc) is 3.50. The summed E-state index contributed by atoms with van der Waals surface area (Å²) in [5.41, 5.74) is 0.688. The smallest absolute Gasteiger partial charge is 0.305 e. The van der Waals surface area contributed by atoms with Gasteiger partial charge >= 0.3 is 4.87 Å². The lowest BCUT2D eigenvalue weighted by atomic mass is 9.83. The van der Waals surface area contributed by atoms with Crippen LogP contribution in [0.1, 0.15) is 16.4 Å². The third-order valence-electron chi connectivity index (χ3n) is 7.40. The van der Waals surface area contributed by atoms with Crippen LogP contribution in [-0.2, 0) is 19.1 Å². The van der Waals surface area contributed by atoms with Gasteiger partial charge in [0.15, 0.2) is 18.1 Å². The zero-order valence-corrected chi connectivity index (χ0v) is 23.8. The van der Waals surface area contributed by atoms with Crippen molar-refractivity contribution in [2.24, 2.45) is 5.92 Å². The van der Waals surface area contributed by atoms with Crippen LogP contribution in [0.25, 0.3) is 0 Å². The maximum absolute atomic E-state index is 13.9. The maximum Gasteiger partial charge on any atom is 0.305 e. The minimum absolute atomic E-state index is 0.164. The summed E-state index contributed by atoms with van der Waals surface area (Å²) in [5, 5.41) is 10.8. The number of rotatable bonds is 7. The van der Waals surface area contributed by atoms with E-state index in [0.717, 1.165) is 28.0 Å². The number of nitrogens with one attached hydrogen (secondary N) is 1. The summed E-state index contributed by atoms with van der Waals surface area (Å²) in [6, 6.07) is 10.3. The predicted molar refractivity (Wildman–Crippen MR) is 151 cm³/mol. The van der Waals surface area contributed by atoms with Crippen LogP contribution in [0.5, 0.6) is 11.5 Å². The average molecular weight is 613 g/mol. The Morgan fingerprint density at radius 2 is 1.83 bits per heavy atom. The third kappa shape index (κ3) is 4.92. The number of fused-ring (bicyclic) bond motifs is 2. The van der Waals surface area contributed by atoms with Crippen LogP contribution in [-0.4, -0.2) is 77.8 Å². The molecular weight excluding hydrogens is 588 g/mol. The number of morpholine rings is 1. The number of aromatic nitrogens is 1. The highest BCUT2D eigenvalue weighted by molar-refractivity contribution is 8.00. The first-order valence-corrected chi connectivity index (χ1v) is 14.6. The number of benzene rings is 2. The maximum atomic E-state index is 13.9. The number of anilines is 1. The molecule has 3 unspecified atom stereocenters. The fourth-order valence-corrected chi connectivity index (χ4v) is 7.91. The highest BCUT2D eigenvalue weighted by Gasteiger charge is 2.56. The molecule has 0 bridgehead atoms. The Hall–Kier alpha value is -4.21. The van der Waals surface area contributed by atoms with Gasteiger partial charge in [-0.15, -0.1) is 0 Å². The number of aromatic amines is 1. The van der Waals surface area contributed by atoms with Gasteiger partial charge in [0.1, 0.15) is 5.25 Å². The van der Waals surface area contributed by atoms with Crippen molar-refractivity contribution in [2.75, 3.05) is 44.9 Å². The Labute approximate surface area is 246 Å². The van der Waals surface area contributed by atoms with E-state index < -0.39 is 33.8 Å². The second-order valence-corrected chi connectivity index (χ2v) is 11.9. The number of non-ortho nitro benzene ring substituents is 1. The van der Waals surface area contributed by atoms with Crippen LogP contribution < -0.4 is 19.2 Å². The van der Waals surface area contributed by atoms with Gasteiger partial charge < -0.3 is 24.1 Å². The number of hydrogen-bond acceptors (Lipinski definition) is 11. The van der Waals surface area contributed by atoms with Gasteiger partial charge in [-0.1, -0.05) is 29.2 Å². The topological polar surface area (TPSA) is 161 Å². The summed E-state index contributed by atoms with van der Waals surface area (Å²) in [6.45, 7) is 1.74. The lowest BCUT2D eigenvalue weighted by Crippen LogP contribution is -2.43. The van der Waals surface area contributed by atoms with Crippen molar-refractivity contribution in [3.05, 3.63) is 72.7 Å². The number of ether oxygens (including phenoxy) is 3. The fourth-order valence-electron chi connectivity index (χ4n) is 5.39. The number of carbonyl (C=O) groups is 3. The van der Waals surface area contributed by atoms with Crippen molar-refractivity contribution >= 4 is 52.2 Å². The lowest BCUT2D eigenvalue weighted by molar-refractivity contribution is -0.384. The van der Waals surface area contributed by atoms with E-state index in [1.54, 1.807) is 23.1 Å². The molecule has 1 N–H and O–H groups in total. The van der Waals surface area contributed by atoms with E-state index in [1.807, 2.05) is 0 Å². The van der Waals surface area contributed by atoms with Gasteiger partial charge in [-0.3, -0.25) is 29.3 Å². The highest BCUT2D eigenvalue weighted by atomic mass is 32.2. The van der Waals surface area contributed by atoms with E-state index in [9.17, 15) is 29.3 Å². The molecule has 3 aliphatic rings. The largest absolute Gasteiger partial charge is 0.493 e. The molecule has 2 saturated heterocycles. The van der Waals surface area contributed by atoms with Crippen LogP contribution in [0.4, 0.5) is 11.4 Å². The minimum Gasteiger partial charge on any atom is -0.493 e. The molecular formula is C27H24N4O9S2. The summed E-state index contributed by atoms with van der Waals surface area (Å²) in [4.78, 5) is 68.8. The first-order chi connectivity index (χ1) is 20.3. The number of nitrogens with zero attached hydrogens (tertiary/aromatic N) is 3. The Bertz CT molecular complexity index is 1630. The van der Waals surface area contributed by atoms with E-state index in [2.05, 4.69) is 4.98 Å². The molecule has 3 amide bonds. The number of thiazole rings is 1. The molecule has 0 saturated carbocycles. The number of H-pyrrole nitrogens is 1. The van der Waals surface area contributed by atoms with Gasteiger partial charge in [0, 0.05) is 36.0 Å². The monoisotopic (exact) mass is 612 g/mol. The van der Waals surface area contributed by atoms with Gasteiger partial charge in [-0.05, 0) is 29.8 Å². The predicted octanol–water partition coefficient (Wildman–Crippen LogP) is 2.39. The highest BCUT2D eigenvalue weighted by Crippen LogP contribution is 2.53. The molecule has 3 atom stereocenters. The van der Waals surface area contributed by atoms with Crippen molar-refractivity contribution in [1.82, 2.24) is 9.88 Å². The molecule has 218 valence electrons. The summed E-state index contributed by atoms with van der Waals surface area (Å²) in [5.74, 6) is -1.99. The molecule has 2 fully saturated rings. The Kier molecular flexibility index (Phi) is 7.47. The fraction of sp³-hybridized carbons (Fsp3) is 0.333. The summed E-state index contributed by atoms with van der Waals surface area (Å²) < 4.78 is 16.6. The molecule has 0 spiro atoms. The van der Waals surface area contributed by atoms with Crippen LogP contribution in [0.2, 0.25) is 0 Å². The molecule has 2 aromatic carbocycles. The Morgan fingerprint density at radius 1 is 1.10 bits per heavy atom. The van der Waals surface area contributed by atoms with Gasteiger partial charge in [0.2, 0.25) is 11.8 Å². The van der Waals surface area contributed by atoms with Gasteiger partial charge in [0.05, 0.1) is 41.9 Å². The lowest BCUT2D eigenvalue weighted by Gasteiger charge is -2.30. The van der Waals surface area contributed by atoms with E-state index in [1.165, 1.54) is 31.4 Å². The first kappa shape index (κ1) is 27.9. The van der Waals surface area contributed by atoms with E-state index >= 15 is 0 Å². The van der Waals surface area contributed by atoms with E-state index in [-0.39, 0.29) is 28.8 Å². The Balaban J connectivity index is 1.32. The SMILES string of the molecule is COc1cc(C2c3sc(=O)[nH]c3SC3C(=O)N(c4ccc([N+](=O)[O-])cc4)C(=O)C32)ccc1OCC(=O)N1CCOCC1. The van der Waals surface area contributed by atoms with Gasteiger partial charge in [-0.25, -0.2) is 4.90 Å². The Morgan fingerprint density at radius 3 is 2.52 bits per heavy atom. The minimum atomic E-state index is -0.851. The van der Waals surface area contributed by atoms with Crippen LogP contribution in [0.15, 0.2) is 52.3 Å². The number of imide groups is 1. The van der Waals surface area contributed by atoms with E-state index in [0.29, 0.717) is 53.3 Å². The number of thioether (sulfide) groups is 1. The summed E-state index contributed by atoms with van der Waals surface area (Å²) in [7, 11) is 1.45. The molecule has 1 aromatic heterocycles. The number of hydrogen-bond donors (Lipinski definition) is 1. The molecule has 42 heavy (non-hydrogen) atoms. The molecule has 3 aliphatic heterocycles. The normalized spacial score (nSPS) is 21.6. The number of amides is 3. The van der Waals surface area contributed by atoms with Crippen molar-refractivity contribution in [3.63, 3.8) is 0 Å². The number of nitro benzene ring substituents is 1. The molecule has 13 nitrogen and oxygen atoms in total. The van der Waals surface area contributed by atoms with Gasteiger partial charge in [-0.2, -0.15) is 0 Å².